The molecule has 4 rings (SSSR count). The Balaban J connectivity index is 2.02. The fraction of sp³-hybridized carbons (Fsp3) is 0.0476. The number of nitrogens with zero attached hydrogens (tertiary/aromatic N) is 1. The quantitative estimate of drug-likeness (QED) is 0.289. The topological polar surface area (TPSA) is 77.1 Å². The number of hydrogen-bond donors (Lipinski definition) is 2. The van der Waals surface area contributed by atoms with Gasteiger partial charge < -0.3 is 0 Å². The Labute approximate surface area is 163 Å². The summed E-state index contributed by atoms with van der Waals surface area (Å²) in [4.78, 5) is 25.8. The van der Waals surface area contributed by atoms with Crippen LogP contribution >= 0.6 is 15.9 Å². The van der Waals surface area contributed by atoms with Crippen molar-refractivity contribution in [3.8, 4) is 0 Å². The van der Waals surface area contributed by atoms with E-state index in [1.807, 2.05) is 54.6 Å². The molecule has 134 valence electrons. The predicted octanol–water partition coefficient (Wildman–Crippen LogP) is 4.16. The van der Waals surface area contributed by atoms with E-state index in [9.17, 15) is 9.59 Å². The summed E-state index contributed by atoms with van der Waals surface area (Å²) >= 11 is 3.54. The van der Waals surface area contributed by atoms with Crippen LogP contribution in [-0.2, 0) is 0 Å². The molecule has 0 unspecified atom stereocenters. The van der Waals surface area contributed by atoms with Crippen molar-refractivity contribution in [2.45, 2.75) is 6.92 Å². The number of carbonyl (C=O) groups excluding carboxylic acids is 2. The minimum atomic E-state index is -0.420. The zero-order chi connectivity index (χ0) is 19.1. The molecule has 1 amide bonds. The molecule has 3 N–H and O–H groups in total. The molecule has 0 fully saturated rings. The van der Waals surface area contributed by atoms with Gasteiger partial charge in [-0.1, -0.05) is 58.4 Å². The highest BCUT2D eigenvalue weighted by Gasteiger charge is 2.24. The summed E-state index contributed by atoms with van der Waals surface area (Å²) in [5, 5.41) is 2.49. The summed E-state index contributed by atoms with van der Waals surface area (Å²) in [5.74, 6) is 4.74. The van der Waals surface area contributed by atoms with Gasteiger partial charge in [0.15, 0.2) is 0 Å². The van der Waals surface area contributed by atoms with Crippen LogP contribution in [0.2, 0.25) is 0 Å². The number of amides is 1. The molecule has 1 aromatic heterocycles. The van der Waals surface area contributed by atoms with Crippen LogP contribution in [0.25, 0.3) is 21.7 Å². The molecule has 0 spiro atoms. The van der Waals surface area contributed by atoms with Crippen LogP contribution in [0.15, 0.2) is 65.1 Å². The molecule has 0 saturated carbocycles. The predicted molar refractivity (Wildman–Crippen MR) is 110 cm³/mol. The third kappa shape index (κ3) is 2.65. The monoisotopic (exact) mass is 421 g/mol. The van der Waals surface area contributed by atoms with Crippen LogP contribution in [0, 0.1) is 6.92 Å². The Bertz CT molecular complexity index is 1230. The van der Waals surface area contributed by atoms with E-state index in [0.29, 0.717) is 27.7 Å². The highest BCUT2D eigenvalue weighted by molar-refractivity contribution is 9.10. The fourth-order valence-corrected chi connectivity index (χ4v) is 4.06. The lowest BCUT2D eigenvalue weighted by molar-refractivity contribution is 0.0954. The maximum absolute atomic E-state index is 13.5. The van der Waals surface area contributed by atoms with Gasteiger partial charge in [-0.25, -0.2) is 5.84 Å². The number of halogens is 1. The van der Waals surface area contributed by atoms with Crippen LogP contribution in [-0.4, -0.2) is 16.4 Å². The summed E-state index contributed by atoms with van der Waals surface area (Å²) in [5.41, 5.74) is 4.37. The summed E-state index contributed by atoms with van der Waals surface area (Å²) < 4.78 is 2.50. The molecule has 0 atom stereocenters. The van der Waals surface area contributed by atoms with Gasteiger partial charge in [0, 0.05) is 21.1 Å². The van der Waals surface area contributed by atoms with E-state index in [1.165, 1.54) is 0 Å². The number of rotatable bonds is 2. The zero-order valence-electron chi connectivity index (χ0n) is 14.5. The van der Waals surface area contributed by atoms with Gasteiger partial charge in [0.05, 0.1) is 11.1 Å². The van der Waals surface area contributed by atoms with Crippen molar-refractivity contribution >= 4 is 49.4 Å². The molecule has 4 aromatic rings. The standard InChI is InChI=1S/C21H16BrN3O2/c1-12-19(20(26)24-23)16-6-2-3-11-18(16)25(12)21(27)15-9-4-8-14-13(15)7-5-10-17(14)22/h2-11H,23H2,1H3,(H,24,26). The maximum atomic E-state index is 13.5. The SMILES string of the molecule is Cc1c(C(=O)NN)c2ccccc2n1C(=O)c1cccc2c(Br)cccc12. The fourth-order valence-electron chi connectivity index (χ4n) is 3.57. The molecule has 0 radical (unpaired) electrons. The average Bonchev–Trinajstić information content (AvgIpc) is 2.98. The first-order valence-corrected chi connectivity index (χ1v) is 9.17. The largest absolute Gasteiger partial charge is 0.290 e. The Hall–Kier alpha value is -2.96. The lowest BCUT2D eigenvalue weighted by Gasteiger charge is -2.11. The van der Waals surface area contributed by atoms with E-state index < -0.39 is 5.91 Å². The normalized spacial score (nSPS) is 11.1. The summed E-state index contributed by atoms with van der Waals surface area (Å²) in [6.07, 6.45) is 0. The number of hydrogen-bond acceptors (Lipinski definition) is 3. The van der Waals surface area contributed by atoms with E-state index in [2.05, 4.69) is 21.4 Å². The maximum Gasteiger partial charge on any atom is 0.267 e. The number of nitrogens with one attached hydrogen (secondary N) is 1. The Kier molecular flexibility index (Phi) is 4.30. The van der Waals surface area contributed by atoms with Gasteiger partial charge >= 0.3 is 0 Å². The first-order valence-electron chi connectivity index (χ1n) is 8.37. The number of fused-ring (bicyclic) bond motifs is 2. The number of aromatic nitrogens is 1. The van der Waals surface area contributed by atoms with Crippen molar-refractivity contribution in [3.63, 3.8) is 0 Å². The number of nitrogens with two attached hydrogens (primary N) is 1. The first-order chi connectivity index (χ1) is 13.0. The van der Waals surface area contributed by atoms with Gasteiger partial charge in [-0.3, -0.25) is 19.6 Å². The van der Waals surface area contributed by atoms with Gasteiger partial charge in [0.1, 0.15) is 0 Å². The van der Waals surface area contributed by atoms with Crippen LogP contribution in [0.3, 0.4) is 0 Å². The third-order valence-electron chi connectivity index (χ3n) is 4.77. The van der Waals surface area contributed by atoms with Gasteiger partial charge in [0.25, 0.3) is 11.8 Å². The molecule has 6 heteroatoms. The average molecular weight is 422 g/mol. The number of nitrogen functional groups attached to an aromatic ring is 1. The summed E-state index contributed by atoms with van der Waals surface area (Å²) in [6, 6.07) is 18.7. The third-order valence-corrected chi connectivity index (χ3v) is 5.46. The Morgan fingerprint density at radius 2 is 1.59 bits per heavy atom. The highest BCUT2D eigenvalue weighted by atomic mass is 79.9. The summed E-state index contributed by atoms with van der Waals surface area (Å²) in [7, 11) is 0. The lowest BCUT2D eigenvalue weighted by atomic mass is 10.0. The molecule has 3 aromatic carbocycles. The van der Waals surface area contributed by atoms with E-state index in [4.69, 9.17) is 5.84 Å². The van der Waals surface area contributed by atoms with Gasteiger partial charge in [0.2, 0.25) is 0 Å². The summed E-state index contributed by atoms with van der Waals surface area (Å²) in [6.45, 7) is 1.75. The molecule has 5 nitrogen and oxygen atoms in total. The molecule has 0 aliphatic carbocycles. The molecule has 0 saturated heterocycles. The van der Waals surface area contributed by atoms with E-state index in [-0.39, 0.29) is 5.91 Å². The van der Waals surface area contributed by atoms with Crippen molar-refractivity contribution in [1.82, 2.24) is 9.99 Å². The Morgan fingerprint density at radius 1 is 0.926 bits per heavy atom. The number of para-hydroxylation sites is 1. The van der Waals surface area contributed by atoms with Crippen LogP contribution in [0.5, 0.6) is 0 Å². The second-order valence-electron chi connectivity index (χ2n) is 6.23. The number of hydrazine groups is 1. The number of benzene rings is 3. The second kappa shape index (κ2) is 6.64. The first kappa shape index (κ1) is 17.5. The molecule has 27 heavy (non-hydrogen) atoms. The van der Waals surface area contributed by atoms with Crippen LogP contribution in [0.1, 0.15) is 26.4 Å². The zero-order valence-corrected chi connectivity index (χ0v) is 16.1. The van der Waals surface area contributed by atoms with Crippen LogP contribution < -0.4 is 11.3 Å². The molecular formula is C21H16BrN3O2. The van der Waals surface area contributed by atoms with Gasteiger partial charge in [-0.05, 0) is 35.9 Å². The van der Waals surface area contributed by atoms with E-state index in [0.717, 1.165) is 15.2 Å². The van der Waals surface area contributed by atoms with Crippen molar-refractivity contribution in [2.75, 3.05) is 0 Å². The molecule has 0 bridgehead atoms. The number of carbonyl (C=O) groups is 2. The molecule has 0 aliphatic rings. The molecular weight excluding hydrogens is 406 g/mol. The van der Waals surface area contributed by atoms with E-state index in [1.54, 1.807) is 17.6 Å². The van der Waals surface area contributed by atoms with Crippen molar-refractivity contribution in [3.05, 3.63) is 82.0 Å². The molecule has 0 aliphatic heterocycles. The van der Waals surface area contributed by atoms with E-state index >= 15 is 0 Å². The smallest absolute Gasteiger partial charge is 0.267 e. The minimum Gasteiger partial charge on any atom is -0.290 e. The Morgan fingerprint density at radius 3 is 2.37 bits per heavy atom. The second-order valence-corrected chi connectivity index (χ2v) is 7.09. The minimum absolute atomic E-state index is 0.191. The molecule has 1 heterocycles. The lowest BCUT2D eigenvalue weighted by Crippen LogP contribution is -2.30. The van der Waals surface area contributed by atoms with Crippen molar-refractivity contribution < 1.29 is 9.59 Å². The van der Waals surface area contributed by atoms with Crippen LogP contribution in [0.4, 0.5) is 0 Å². The highest BCUT2D eigenvalue weighted by Crippen LogP contribution is 2.30. The van der Waals surface area contributed by atoms with Gasteiger partial charge in [-0.2, -0.15) is 0 Å². The van der Waals surface area contributed by atoms with Crippen molar-refractivity contribution in [2.24, 2.45) is 5.84 Å². The van der Waals surface area contributed by atoms with Gasteiger partial charge in [-0.15, -0.1) is 0 Å². The van der Waals surface area contributed by atoms with Crippen molar-refractivity contribution in [1.29, 1.82) is 0 Å².